The van der Waals surface area contributed by atoms with Gasteiger partial charge in [0.05, 0.1) is 23.3 Å². The van der Waals surface area contributed by atoms with Gasteiger partial charge in [-0.05, 0) is 22.9 Å². The van der Waals surface area contributed by atoms with Gasteiger partial charge in [-0.1, -0.05) is 12.1 Å². The predicted molar refractivity (Wildman–Crippen MR) is 97.7 cm³/mol. The Bertz CT molecular complexity index is 874. The van der Waals surface area contributed by atoms with Gasteiger partial charge in [0.15, 0.2) is 0 Å². The van der Waals surface area contributed by atoms with E-state index in [1.54, 1.807) is 11.3 Å². The maximum absolute atomic E-state index is 10.6. The zero-order valence-electron chi connectivity index (χ0n) is 14.0. The Morgan fingerprint density at radius 3 is 2.48 bits per heavy atom. The van der Waals surface area contributed by atoms with Crippen molar-refractivity contribution in [3.05, 3.63) is 51.9 Å². The smallest absolute Gasteiger partial charge is 0.475 e. The van der Waals surface area contributed by atoms with Crippen molar-refractivity contribution in [3.8, 4) is 10.6 Å². The molecule has 0 unspecified atom stereocenters. The van der Waals surface area contributed by atoms with Crippen LogP contribution in [-0.2, 0) is 24.4 Å². The highest BCUT2D eigenvalue weighted by atomic mass is 32.1. The molecule has 0 atom stereocenters. The molecule has 0 radical (unpaired) electrons. The third-order valence-corrected chi connectivity index (χ3v) is 5.67. The summed E-state index contributed by atoms with van der Waals surface area (Å²) in [5.74, 6) is -1.57. The van der Waals surface area contributed by atoms with Crippen LogP contribution in [0.15, 0.2) is 41.2 Å². The minimum absolute atomic E-state index is 0.948. The van der Waals surface area contributed by atoms with E-state index in [0.717, 1.165) is 26.2 Å². The summed E-state index contributed by atoms with van der Waals surface area (Å²) >= 11 is 3.62. The van der Waals surface area contributed by atoms with E-state index in [4.69, 9.17) is 9.90 Å². The van der Waals surface area contributed by atoms with Gasteiger partial charge in [-0.3, -0.25) is 4.90 Å². The number of carbonyl (C=O) groups is 1. The highest BCUT2D eigenvalue weighted by Crippen LogP contribution is 2.28. The first kappa shape index (κ1) is 19.6. The van der Waals surface area contributed by atoms with E-state index in [2.05, 4.69) is 49.5 Å². The zero-order valence-corrected chi connectivity index (χ0v) is 15.7. The lowest BCUT2D eigenvalue weighted by Gasteiger charge is -2.27. The minimum Gasteiger partial charge on any atom is -0.475 e. The Morgan fingerprint density at radius 2 is 1.89 bits per heavy atom. The fraction of sp³-hybridized carbons (Fsp3) is 0.294. The van der Waals surface area contributed by atoms with Gasteiger partial charge in [-0.2, -0.15) is 13.2 Å². The molecule has 0 bridgehead atoms. The molecule has 3 aromatic rings. The Kier molecular flexibility index (Phi) is 5.98. The molecule has 1 aliphatic rings. The van der Waals surface area contributed by atoms with Crippen LogP contribution in [0.4, 0.5) is 13.2 Å². The highest BCUT2D eigenvalue weighted by Gasteiger charge is 2.38. The lowest BCUT2D eigenvalue weighted by Crippen LogP contribution is -2.33. The van der Waals surface area contributed by atoms with Crippen molar-refractivity contribution < 1.29 is 23.1 Å². The van der Waals surface area contributed by atoms with Crippen LogP contribution in [-0.4, -0.2) is 38.2 Å². The molecule has 4 heterocycles. The molecule has 0 spiro atoms. The van der Waals surface area contributed by atoms with E-state index in [0.29, 0.717) is 0 Å². The number of thiophene rings is 2. The number of carboxylic acid groups (broad SMARTS) is 1. The van der Waals surface area contributed by atoms with Crippen molar-refractivity contribution in [2.45, 2.75) is 25.8 Å². The van der Waals surface area contributed by atoms with Gasteiger partial charge in [0.2, 0.25) is 0 Å². The van der Waals surface area contributed by atoms with E-state index in [-0.39, 0.29) is 0 Å². The van der Waals surface area contributed by atoms with Crippen LogP contribution in [0.25, 0.3) is 10.6 Å². The first-order chi connectivity index (χ1) is 12.8. The maximum Gasteiger partial charge on any atom is 0.490 e. The van der Waals surface area contributed by atoms with Gasteiger partial charge in [0, 0.05) is 24.5 Å². The Labute approximate surface area is 161 Å². The molecule has 1 N–H and O–H groups in total. The number of hydrogen-bond donors (Lipinski definition) is 1. The summed E-state index contributed by atoms with van der Waals surface area (Å²) in [6.07, 6.45) is -3.06. The van der Waals surface area contributed by atoms with Crippen LogP contribution >= 0.6 is 22.7 Å². The molecule has 0 saturated carbocycles. The number of hydrogen-bond acceptors (Lipinski definition) is 5. The monoisotopic (exact) mass is 415 g/mol. The van der Waals surface area contributed by atoms with Crippen molar-refractivity contribution in [1.29, 1.82) is 0 Å². The molecule has 4 rings (SSSR count). The Hall–Kier alpha value is -2.17. The summed E-state index contributed by atoms with van der Waals surface area (Å²) in [7, 11) is 0. The van der Waals surface area contributed by atoms with Crippen molar-refractivity contribution in [2.24, 2.45) is 0 Å². The molecule has 0 fully saturated rings. The maximum atomic E-state index is 10.6. The molecule has 1 aliphatic heterocycles. The summed E-state index contributed by atoms with van der Waals surface area (Å²) in [4.78, 5) is 18.7. The van der Waals surface area contributed by atoms with Crippen LogP contribution in [0.3, 0.4) is 0 Å². The molecule has 0 amide bonds. The summed E-state index contributed by atoms with van der Waals surface area (Å²) < 4.78 is 34.1. The Balaban J connectivity index is 0.000000260. The summed E-state index contributed by atoms with van der Waals surface area (Å²) in [5.41, 5.74) is 1.27. The molecule has 27 heavy (non-hydrogen) atoms. The fourth-order valence-electron chi connectivity index (χ4n) is 2.69. The zero-order chi connectivity index (χ0) is 19.4. The predicted octanol–water partition coefficient (Wildman–Crippen LogP) is 4.32. The minimum atomic E-state index is -5.08. The van der Waals surface area contributed by atoms with Crippen LogP contribution in [0.5, 0.6) is 0 Å². The number of rotatable bonds is 3. The largest absolute Gasteiger partial charge is 0.490 e. The topological polar surface area (TPSA) is 58.4 Å². The lowest BCUT2D eigenvalue weighted by molar-refractivity contribution is -0.192. The summed E-state index contributed by atoms with van der Waals surface area (Å²) in [5, 5.41) is 11.4. The first-order valence-corrected chi connectivity index (χ1v) is 9.73. The van der Waals surface area contributed by atoms with E-state index in [9.17, 15) is 13.2 Å². The normalized spacial score (nSPS) is 14.3. The van der Waals surface area contributed by atoms with Crippen molar-refractivity contribution in [3.63, 3.8) is 0 Å². The van der Waals surface area contributed by atoms with Crippen molar-refractivity contribution in [1.82, 2.24) is 14.5 Å². The highest BCUT2D eigenvalue weighted by molar-refractivity contribution is 7.13. The molecule has 0 saturated heterocycles. The summed E-state index contributed by atoms with van der Waals surface area (Å²) in [6, 6.07) is 8.61. The van der Waals surface area contributed by atoms with Gasteiger partial charge >= 0.3 is 12.1 Å². The van der Waals surface area contributed by atoms with Gasteiger partial charge in [-0.15, -0.1) is 22.7 Å². The fourth-order valence-corrected chi connectivity index (χ4v) is 4.18. The number of carboxylic acids is 1. The number of aromatic nitrogens is 2. The number of halogens is 3. The quantitative estimate of drug-likeness (QED) is 0.692. The molecule has 0 aromatic carbocycles. The SMILES string of the molecule is O=C(O)C(F)(F)F.c1csc(CN2CCn3c(-c4cccs4)cnc3C2)c1. The van der Waals surface area contributed by atoms with Gasteiger partial charge < -0.3 is 9.67 Å². The molecule has 10 heteroatoms. The number of fused-ring (bicyclic) bond motifs is 1. The molecule has 5 nitrogen and oxygen atoms in total. The molecular weight excluding hydrogens is 399 g/mol. The second-order valence-corrected chi connectivity index (χ2v) is 7.76. The average molecular weight is 415 g/mol. The van der Waals surface area contributed by atoms with E-state index >= 15 is 0 Å². The van der Waals surface area contributed by atoms with Crippen LogP contribution in [0.2, 0.25) is 0 Å². The third kappa shape index (κ3) is 4.96. The second-order valence-electron chi connectivity index (χ2n) is 5.78. The van der Waals surface area contributed by atoms with Gasteiger partial charge in [0.25, 0.3) is 0 Å². The third-order valence-electron chi connectivity index (χ3n) is 3.92. The molecular formula is C17H16F3N3O2S2. The average Bonchev–Trinajstić information content (AvgIpc) is 3.35. The molecule has 0 aliphatic carbocycles. The van der Waals surface area contributed by atoms with Crippen LogP contribution in [0, 0.1) is 0 Å². The van der Waals surface area contributed by atoms with Crippen molar-refractivity contribution in [2.75, 3.05) is 6.54 Å². The standard InChI is InChI=1S/C15H15N3S2.C2HF3O2/c1-3-12(19-7-1)10-17-5-6-18-13(9-16-15(18)11-17)14-4-2-8-20-14;3-2(4,5)1(6)7/h1-4,7-9H,5-6,10-11H2;(H,6,7). The van der Waals surface area contributed by atoms with E-state index < -0.39 is 12.1 Å². The van der Waals surface area contributed by atoms with E-state index in [1.165, 1.54) is 21.3 Å². The summed E-state index contributed by atoms with van der Waals surface area (Å²) in [6.45, 7) is 4.12. The number of imidazole rings is 1. The lowest BCUT2D eigenvalue weighted by atomic mass is 10.3. The number of aliphatic carboxylic acids is 1. The second kappa shape index (κ2) is 8.24. The molecule has 144 valence electrons. The van der Waals surface area contributed by atoms with Gasteiger partial charge in [-0.25, -0.2) is 9.78 Å². The number of nitrogens with zero attached hydrogens (tertiary/aromatic N) is 3. The van der Waals surface area contributed by atoms with E-state index in [1.807, 2.05) is 17.5 Å². The van der Waals surface area contributed by atoms with Crippen molar-refractivity contribution >= 4 is 28.6 Å². The first-order valence-electron chi connectivity index (χ1n) is 7.97. The van der Waals surface area contributed by atoms with Crippen LogP contribution in [0.1, 0.15) is 10.7 Å². The molecule has 3 aromatic heterocycles. The van der Waals surface area contributed by atoms with Crippen LogP contribution < -0.4 is 0 Å². The number of alkyl halides is 3. The van der Waals surface area contributed by atoms with Gasteiger partial charge in [0.1, 0.15) is 5.82 Å². The Morgan fingerprint density at radius 1 is 1.19 bits per heavy atom.